The zero-order valence-corrected chi connectivity index (χ0v) is 35.3. The van der Waals surface area contributed by atoms with Gasteiger partial charge < -0.3 is 36.0 Å². The van der Waals surface area contributed by atoms with Gasteiger partial charge >= 0.3 is 0 Å². The number of nitrogens with zero attached hydrogens (tertiary/aromatic N) is 4. The zero-order chi connectivity index (χ0) is 41.3. The highest BCUT2D eigenvalue weighted by Crippen LogP contribution is 2.17. The summed E-state index contributed by atoms with van der Waals surface area (Å²) in [6.45, 7) is 18.6. The normalized spacial score (nSPS) is 14.3. The van der Waals surface area contributed by atoms with E-state index in [1.807, 2.05) is 48.5 Å². The molecule has 0 saturated carbocycles. The number of hydrogen-bond acceptors (Lipinski definition) is 8. The molecule has 0 bridgehead atoms. The topological polar surface area (TPSA) is 181 Å². The Morgan fingerprint density at radius 1 is 0.585 bits per heavy atom. The molecule has 0 heterocycles. The van der Waals surface area contributed by atoms with Crippen molar-refractivity contribution >= 4 is 41.4 Å². The molecule has 0 aliphatic heterocycles. The maximum atomic E-state index is 14.1. The summed E-state index contributed by atoms with van der Waals surface area (Å²) in [6.07, 6.45) is 2.18. The Kier molecular flexibility index (Phi) is 22.1. The Morgan fingerprint density at radius 2 is 1.06 bits per heavy atom. The van der Waals surface area contributed by atoms with Crippen LogP contribution in [0.25, 0.3) is 0 Å². The maximum Gasteiger partial charge on any atom is 0.245 e. The molecule has 7 amide bonds. The van der Waals surface area contributed by atoms with Gasteiger partial charge in [0.15, 0.2) is 0 Å². The van der Waals surface area contributed by atoms with Gasteiger partial charge in [0.05, 0.1) is 19.3 Å². The van der Waals surface area contributed by atoms with Gasteiger partial charge in [0.1, 0.15) is 24.2 Å². The van der Waals surface area contributed by atoms with Crippen LogP contribution in [-0.2, 0) is 33.6 Å². The zero-order valence-electron chi connectivity index (χ0n) is 35.3. The predicted octanol–water partition coefficient (Wildman–Crippen LogP) is 1.80. The summed E-state index contributed by atoms with van der Waals surface area (Å²) in [5, 5.41) is 11.1. The van der Waals surface area contributed by atoms with Crippen LogP contribution in [0, 0.1) is 23.7 Å². The molecule has 0 aliphatic carbocycles. The Balaban J connectivity index is 5.99. The molecule has 0 fully saturated rings. The second-order valence-corrected chi connectivity index (χ2v) is 15.9. The lowest BCUT2D eigenvalue weighted by atomic mass is 9.97. The highest BCUT2D eigenvalue weighted by atomic mass is 16.2. The molecule has 5 atom stereocenters. The number of carbonyl (C=O) groups excluding carboxylic acids is 7. The lowest BCUT2D eigenvalue weighted by molar-refractivity contribution is -0.146. The minimum Gasteiger partial charge on any atom is -0.358 e. The molecule has 0 rings (SSSR count). The van der Waals surface area contributed by atoms with E-state index in [9.17, 15) is 33.6 Å². The van der Waals surface area contributed by atoms with Gasteiger partial charge in [-0.05, 0) is 63.3 Å². The number of carbonyl (C=O) groups is 7. The average Bonchev–Trinajstić information content (AvgIpc) is 3.07. The summed E-state index contributed by atoms with van der Waals surface area (Å²) in [6, 6.07) is -4.26. The number of hydrogen-bond donors (Lipinski definition) is 4. The van der Waals surface area contributed by atoms with Crippen LogP contribution in [0.15, 0.2) is 0 Å². The molecule has 53 heavy (non-hydrogen) atoms. The van der Waals surface area contributed by atoms with Crippen molar-refractivity contribution in [1.29, 1.82) is 0 Å². The van der Waals surface area contributed by atoms with E-state index in [4.69, 9.17) is 0 Å². The Morgan fingerprint density at radius 3 is 1.51 bits per heavy atom. The summed E-state index contributed by atoms with van der Waals surface area (Å²) < 4.78 is 0. The second-order valence-electron chi connectivity index (χ2n) is 15.9. The minimum absolute atomic E-state index is 0.00546. The van der Waals surface area contributed by atoms with Crippen LogP contribution in [0.2, 0.25) is 0 Å². The highest BCUT2D eigenvalue weighted by molar-refractivity contribution is 5.96. The molecule has 0 aliphatic rings. The molecule has 0 saturated heterocycles. The first-order chi connectivity index (χ1) is 24.5. The first-order valence-electron chi connectivity index (χ1n) is 19.1. The highest BCUT2D eigenvalue weighted by Gasteiger charge is 2.37. The first kappa shape index (κ1) is 49.2. The summed E-state index contributed by atoms with van der Waals surface area (Å²) in [4.78, 5) is 98.4. The summed E-state index contributed by atoms with van der Waals surface area (Å²) in [5.41, 5.74) is 0. The van der Waals surface area contributed by atoms with Crippen molar-refractivity contribution in [2.75, 3.05) is 48.5 Å². The molecule has 15 heteroatoms. The SMILES string of the molecule is CCCC(=O)N(C)CC(=O)N(C)[C@@H](CC(C)C)C(=O)N[C@H](C(=O)N(C)[C@@H](CC(C)C)C(=O)N[C@H](C)C(=O)NCN(C)[C@@H](CC(C)C)C(=O)NC)C(C)C. The molecule has 306 valence electrons. The molecule has 0 spiro atoms. The van der Waals surface area contributed by atoms with E-state index in [0.29, 0.717) is 32.1 Å². The van der Waals surface area contributed by atoms with Gasteiger partial charge in [-0.3, -0.25) is 38.5 Å². The lowest BCUT2D eigenvalue weighted by Crippen LogP contribution is -2.60. The van der Waals surface area contributed by atoms with E-state index < -0.39 is 59.7 Å². The van der Waals surface area contributed by atoms with Crippen molar-refractivity contribution < 1.29 is 33.6 Å². The quantitative estimate of drug-likeness (QED) is 0.114. The van der Waals surface area contributed by atoms with Crippen LogP contribution >= 0.6 is 0 Å². The Bertz CT molecular complexity index is 1220. The fraction of sp³-hybridized carbons (Fsp3) is 0.816. The van der Waals surface area contributed by atoms with E-state index >= 15 is 0 Å². The first-order valence-corrected chi connectivity index (χ1v) is 19.1. The standard InChI is InChI=1S/C38H72N8O7/c1-16-17-31(47)43(12)21-32(48)45(14)29(19-24(4)5)37(52)42-33(26(8)9)38(53)46(15)30(20-25(6)7)36(51)41-27(10)34(49)40-22-44(13)28(18-23(2)3)35(50)39-11/h23-30,33H,16-22H2,1-15H3,(H,39,50)(H,40,49)(H,41,51)(H,42,52)/t27-,28+,29+,30+,33+/m1/s1. The largest absolute Gasteiger partial charge is 0.358 e. The van der Waals surface area contributed by atoms with E-state index in [1.165, 1.54) is 28.8 Å². The third kappa shape index (κ3) is 16.9. The van der Waals surface area contributed by atoms with Crippen molar-refractivity contribution in [3.05, 3.63) is 0 Å². The van der Waals surface area contributed by atoms with Crippen LogP contribution in [0.1, 0.15) is 101 Å². The fourth-order valence-electron chi connectivity index (χ4n) is 5.83. The van der Waals surface area contributed by atoms with Crippen molar-refractivity contribution in [2.45, 2.75) is 132 Å². The molecule has 0 aromatic carbocycles. The van der Waals surface area contributed by atoms with Crippen LogP contribution in [0.4, 0.5) is 0 Å². The monoisotopic (exact) mass is 753 g/mol. The van der Waals surface area contributed by atoms with Gasteiger partial charge in [0.2, 0.25) is 41.4 Å². The number of nitrogens with one attached hydrogen (secondary N) is 4. The Hall–Kier alpha value is -3.75. The van der Waals surface area contributed by atoms with Gasteiger partial charge in [-0.15, -0.1) is 0 Å². The third-order valence-corrected chi connectivity index (χ3v) is 9.19. The van der Waals surface area contributed by atoms with Gasteiger partial charge in [-0.2, -0.15) is 0 Å². The summed E-state index contributed by atoms with van der Waals surface area (Å²) >= 11 is 0. The summed E-state index contributed by atoms with van der Waals surface area (Å²) in [5.74, 6) is -2.77. The molecule has 0 aromatic heterocycles. The van der Waals surface area contributed by atoms with Crippen molar-refractivity contribution in [3.63, 3.8) is 0 Å². The second kappa shape index (κ2) is 23.8. The molecule has 0 radical (unpaired) electrons. The van der Waals surface area contributed by atoms with E-state index in [0.717, 1.165) is 0 Å². The fourth-order valence-corrected chi connectivity index (χ4v) is 5.83. The van der Waals surface area contributed by atoms with Gasteiger partial charge in [0.25, 0.3) is 0 Å². The maximum absolute atomic E-state index is 14.1. The number of rotatable bonds is 23. The van der Waals surface area contributed by atoms with Crippen LogP contribution in [0.5, 0.6) is 0 Å². The average molecular weight is 753 g/mol. The molecule has 0 unspecified atom stereocenters. The number of likely N-dealkylation sites (N-methyl/N-ethyl adjacent to an activating group) is 5. The summed E-state index contributed by atoms with van der Waals surface area (Å²) in [7, 11) is 7.89. The third-order valence-electron chi connectivity index (χ3n) is 9.19. The Labute approximate surface area is 319 Å². The lowest BCUT2D eigenvalue weighted by Gasteiger charge is -2.35. The van der Waals surface area contributed by atoms with E-state index in [1.54, 1.807) is 46.8 Å². The number of amides is 7. The molecule has 4 N–H and O–H groups in total. The smallest absolute Gasteiger partial charge is 0.245 e. The molecular formula is C38H72N8O7. The van der Waals surface area contributed by atoms with Crippen LogP contribution in [-0.4, -0.2) is 140 Å². The van der Waals surface area contributed by atoms with Crippen molar-refractivity contribution in [2.24, 2.45) is 23.7 Å². The minimum atomic E-state index is -1.02. The van der Waals surface area contributed by atoms with E-state index in [-0.39, 0.29) is 48.7 Å². The van der Waals surface area contributed by atoms with Gasteiger partial charge in [-0.1, -0.05) is 62.3 Å². The van der Waals surface area contributed by atoms with Crippen LogP contribution in [0.3, 0.4) is 0 Å². The molecule has 15 nitrogen and oxygen atoms in total. The van der Waals surface area contributed by atoms with Crippen molar-refractivity contribution in [1.82, 2.24) is 40.9 Å². The molecule has 0 aromatic rings. The molecular weight excluding hydrogens is 680 g/mol. The van der Waals surface area contributed by atoms with Crippen LogP contribution < -0.4 is 21.3 Å². The predicted molar refractivity (Wildman–Crippen MR) is 207 cm³/mol. The van der Waals surface area contributed by atoms with Crippen molar-refractivity contribution in [3.8, 4) is 0 Å². The van der Waals surface area contributed by atoms with Gasteiger partial charge in [-0.25, -0.2) is 0 Å². The van der Waals surface area contributed by atoms with E-state index in [2.05, 4.69) is 21.3 Å². The van der Waals surface area contributed by atoms with Gasteiger partial charge in [0, 0.05) is 34.6 Å².